The molecule has 0 atom stereocenters. The maximum absolute atomic E-state index is 9.56. The van der Waals surface area contributed by atoms with Gasteiger partial charge in [-0.05, 0) is 31.2 Å². The zero-order valence-electron chi connectivity index (χ0n) is 15.0. The second kappa shape index (κ2) is 8.29. The highest BCUT2D eigenvalue weighted by Gasteiger charge is 2.17. The third kappa shape index (κ3) is 3.93. The smallest absolute Gasteiger partial charge is 0.206 e. The zero-order chi connectivity index (χ0) is 19.3. The summed E-state index contributed by atoms with van der Waals surface area (Å²) >= 11 is 3.01. The lowest BCUT2D eigenvalue weighted by atomic mass is 10.2. The van der Waals surface area contributed by atoms with Gasteiger partial charge in [0.25, 0.3) is 0 Å². The molecule has 0 fully saturated rings. The van der Waals surface area contributed by atoms with Crippen LogP contribution in [-0.2, 0) is 12.3 Å². The number of benzene rings is 1. The molecule has 140 valence electrons. The van der Waals surface area contributed by atoms with Crippen molar-refractivity contribution in [3.63, 3.8) is 0 Å². The first-order chi connectivity index (χ1) is 13.7. The van der Waals surface area contributed by atoms with Gasteiger partial charge in [-0.3, -0.25) is 0 Å². The van der Waals surface area contributed by atoms with E-state index in [2.05, 4.69) is 26.7 Å². The number of nitriles is 1. The van der Waals surface area contributed by atoms with Crippen LogP contribution in [0.4, 0.5) is 5.13 Å². The van der Waals surface area contributed by atoms with Gasteiger partial charge in [0, 0.05) is 5.75 Å². The summed E-state index contributed by atoms with van der Waals surface area (Å²) in [5.41, 5.74) is 3.12. The highest BCUT2D eigenvalue weighted by Crippen LogP contribution is 2.31. The number of para-hydroxylation sites is 1. The van der Waals surface area contributed by atoms with E-state index < -0.39 is 0 Å². The predicted molar refractivity (Wildman–Crippen MR) is 109 cm³/mol. The van der Waals surface area contributed by atoms with Crippen LogP contribution in [0, 0.1) is 18.3 Å². The Labute approximate surface area is 170 Å². The van der Waals surface area contributed by atoms with Gasteiger partial charge in [-0.1, -0.05) is 41.3 Å². The molecule has 0 radical (unpaired) electrons. The fraction of sp³-hybridized carbons (Fsp3) is 0.158. The summed E-state index contributed by atoms with van der Waals surface area (Å²) in [4.78, 5) is 0. The first kappa shape index (κ1) is 18.3. The largest absolute Gasteiger partial charge is 0.467 e. The maximum atomic E-state index is 9.56. The van der Waals surface area contributed by atoms with Gasteiger partial charge in [-0.15, -0.1) is 10.2 Å². The fourth-order valence-electron chi connectivity index (χ4n) is 2.68. The summed E-state index contributed by atoms with van der Waals surface area (Å²) in [6.45, 7) is 2.42. The Morgan fingerprint density at radius 3 is 2.82 bits per heavy atom. The van der Waals surface area contributed by atoms with E-state index in [-0.39, 0.29) is 0 Å². The number of nitrogens with zero attached hydrogens (tertiary/aromatic N) is 5. The van der Waals surface area contributed by atoms with E-state index in [1.807, 2.05) is 54.1 Å². The van der Waals surface area contributed by atoms with E-state index in [9.17, 15) is 5.26 Å². The monoisotopic (exact) mass is 408 g/mol. The van der Waals surface area contributed by atoms with Gasteiger partial charge in [0.1, 0.15) is 11.8 Å². The molecule has 1 aromatic carbocycles. The highest BCUT2D eigenvalue weighted by molar-refractivity contribution is 8.00. The van der Waals surface area contributed by atoms with Gasteiger partial charge in [-0.25, -0.2) is 4.68 Å². The van der Waals surface area contributed by atoms with Crippen molar-refractivity contribution >= 4 is 28.2 Å². The standard InChI is InChI=1S/C19H16N6OS2/c1-13-16(10-20)17(25(24-13)14-6-3-2-4-7-14)12-27-19-23-22-18(28-19)21-11-15-8-5-9-26-15/h2-9H,11-12H2,1H3,(H,21,22). The molecule has 3 heterocycles. The Bertz CT molecular complexity index is 1100. The van der Waals surface area contributed by atoms with Crippen LogP contribution in [-0.4, -0.2) is 20.0 Å². The first-order valence-corrected chi connectivity index (χ1v) is 10.3. The molecule has 1 N–H and O–H groups in total. The molecule has 28 heavy (non-hydrogen) atoms. The number of hydrogen-bond donors (Lipinski definition) is 1. The molecule has 3 aromatic heterocycles. The van der Waals surface area contributed by atoms with Gasteiger partial charge in [-0.2, -0.15) is 10.4 Å². The van der Waals surface area contributed by atoms with E-state index in [0.29, 0.717) is 17.9 Å². The lowest BCUT2D eigenvalue weighted by Crippen LogP contribution is -2.01. The van der Waals surface area contributed by atoms with Gasteiger partial charge in [0.2, 0.25) is 5.13 Å². The van der Waals surface area contributed by atoms with Gasteiger partial charge < -0.3 is 9.73 Å². The molecule has 4 aromatic rings. The van der Waals surface area contributed by atoms with Crippen molar-refractivity contribution in [3.05, 3.63) is 71.4 Å². The van der Waals surface area contributed by atoms with Gasteiger partial charge in [0.15, 0.2) is 4.34 Å². The van der Waals surface area contributed by atoms with Crippen molar-refractivity contribution in [2.45, 2.75) is 23.6 Å². The lowest BCUT2D eigenvalue weighted by molar-refractivity contribution is 0.518. The molecule has 0 aliphatic rings. The van der Waals surface area contributed by atoms with Crippen LogP contribution in [0.3, 0.4) is 0 Å². The van der Waals surface area contributed by atoms with Gasteiger partial charge >= 0.3 is 0 Å². The van der Waals surface area contributed by atoms with Crippen molar-refractivity contribution < 1.29 is 4.42 Å². The highest BCUT2D eigenvalue weighted by atomic mass is 32.2. The van der Waals surface area contributed by atoms with Crippen molar-refractivity contribution in [2.75, 3.05) is 5.32 Å². The number of furan rings is 1. The summed E-state index contributed by atoms with van der Waals surface area (Å²) in [5.74, 6) is 1.41. The summed E-state index contributed by atoms with van der Waals surface area (Å²) < 4.78 is 7.95. The Kier molecular flexibility index (Phi) is 5.41. The molecular formula is C19H16N6OS2. The number of nitrogens with one attached hydrogen (secondary N) is 1. The summed E-state index contributed by atoms with van der Waals surface area (Å²) in [5, 5.41) is 26.4. The Morgan fingerprint density at radius 2 is 2.07 bits per heavy atom. The minimum absolute atomic E-state index is 0.560. The average Bonchev–Trinajstić information content (AvgIpc) is 3.45. The van der Waals surface area contributed by atoms with Crippen LogP contribution in [0.1, 0.15) is 22.7 Å². The fourth-order valence-corrected chi connectivity index (χ4v) is 4.43. The van der Waals surface area contributed by atoms with Crippen molar-refractivity contribution in [1.29, 1.82) is 5.26 Å². The van der Waals surface area contributed by atoms with E-state index in [1.54, 1.807) is 6.26 Å². The van der Waals surface area contributed by atoms with E-state index in [0.717, 1.165) is 32.3 Å². The number of hydrogen-bond acceptors (Lipinski definition) is 8. The molecule has 0 bridgehead atoms. The molecule has 0 spiro atoms. The SMILES string of the molecule is Cc1nn(-c2ccccc2)c(CSc2nnc(NCc3ccco3)s2)c1C#N. The number of thioether (sulfide) groups is 1. The van der Waals surface area contributed by atoms with Crippen LogP contribution >= 0.6 is 23.1 Å². The number of rotatable bonds is 7. The molecule has 0 amide bonds. The Morgan fingerprint density at radius 1 is 1.21 bits per heavy atom. The minimum Gasteiger partial charge on any atom is -0.467 e. The zero-order valence-corrected chi connectivity index (χ0v) is 16.6. The number of aromatic nitrogens is 4. The second-order valence-electron chi connectivity index (χ2n) is 5.86. The van der Waals surface area contributed by atoms with Gasteiger partial charge in [0.05, 0.1) is 35.4 Å². The molecule has 0 unspecified atom stereocenters. The molecular weight excluding hydrogens is 392 g/mol. The van der Waals surface area contributed by atoms with E-state index >= 15 is 0 Å². The third-order valence-corrected chi connectivity index (χ3v) is 6.03. The second-order valence-corrected chi connectivity index (χ2v) is 8.06. The molecule has 0 saturated carbocycles. The predicted octanol–water partition coefficient (Wildman–Crippen LogP) is 4.40. The maximum Gasteiger partial charge on any atom is 0.206 e. The summed E-state index contributed by atoms with van der Waals surface area (Å²) in [6.07, 6.45) is 1.64. The molecule has 9 heteroatoms. The first-order valence-electron chi connectivity index (χ1n) is 8.51. The Balaban J connectivity index is 1.48. The topological polar surface area (TPSA) is 92.6 Å². The normalized spacial score (nSPS) is 10.7. The van der Waals surface area contributed by atoms with E-state index in [1.165, 1.54) is 23.1 Å². The van der Waals surface area contributed by atoms with Crippen LogP contribution < -0.4 is 5.32 Å². The van der Waals surface area contributed by atoms with Crippen LogP contribution in [0.15, 0.2) is 57.5 Å². The van der Waals surface area contributed by atoms with Crippen molar-refractivity contribution in [1.82, 2.24) is 20.0 Å². The molecule has 7 nitrogen and oxygen atoms in total. The number of anilines is 1. The molecule has 0 aliphatic carbocycles. The summed E-state index contributed by atoms with van der Waals surface area (Å²) in [6, 6.07) is 15.9. The van der Waals surface area contributed by atoms with Crippen LogP contribution in [0.2, 0.25) is 0 Å². The lowest BCUT2D eigenvalue weighted by Gasteiger charge is -2.06. The summed E-state index contributed by atoms with van der Waals surface area (Å²) in [7, 11) is 0. The van der Waals surface area contributed by atoms with Crippen LogP contribution in [0.25, 0.3) is 5.69 Å². The van der Waals surface area contributed by atoms with Crippen molar-refractivity contribution in [3.8, 4) is 11.8 Å². The molecule has 0 aliphatic heterocycles. The molecule has 0 saturated heterocycles. The third-order valence-electron chi connectivity index (χ3n) is 4.00. The Hall–Kier alpha value is -3.09. The number of aryl methyl sites for hydroxylation is 1. The average molecular weight is 409 g/mol. The quantitative estimate of drug-likeness (QED) is 0.453. The van der Waals surface area contributed by atoms with Crippen molar-refractivity contribution in [2.24, 2.45) is 0 Å². The minimum atomic E-state index is 0.560. The molecule has 4 rings (SSSR count). The van der Waals surface area contributed by atoms with E-state index in [4.69, 9.17) is 4.42 Å². The van der Waals surface area contributed by atoms with Crippen LogP contribution in [0.5, 0.6) is 0 Å².